The van der Waals surface area contributed by atoms with Crippen LogP contribution >= 0.6 is 0 Å². The highest BCUT2D eigenvalue weighted by molar-refractivity contribution is 5.95. The summed E-state index contributed by atoms with van der Waals surface area (Å²) in [6.45, 7) is 0. The molecule has 0 aliphatic carbocycles. The Morgan fingerprint density at radius 2 is 2.08 bits per heavy atom. The van der Waals surface area contributed by atoms with Gasteiger partial charge in [0.15, 0.2) is 5.65 Å². The summed E-state index contributed by atoms with van der Waals surface area (Å²) in [6.07, 6.45) is 2.43. The molecule has 1 aromatic carbocycles. The largest absolute Gasteiger partial charge is 0.478 e. The van der Waals surface area contributed by atoms with E-state index in [1.807, 2.05) is 12.1 Å². The number of anilines is 1. The number of carbonyl (C=O) groups is 2. The predicted molar refractivity (Wildman–Crippen MR) is 89.0 cm³/mol. The lowest BCUT2D eigenvalue weighted by Gasteiger charge is -2.17. The molecule has 7 heteroatoms. The van der Waals surface area contributed by atoms with Crippen LogP contribution < -0.4 is 4.90 Å². The molecule has 0 aliphatic rings. The van der Waals surface area contributed by atoms with Gasteiger partial charge in [-0.3, -0.25) is 9.89 Å². The molecule has 0 unspecified atom stereocenters. The molecular formula is C17H16N4O3. The van der Waals surface area contributed by atoms with Crippen molar-refractivity contribution in [1.82, 2.24) is 15.2 Å². The van der Waals surface area contributed by atoms with Gasteiger partial charge in [0.25, 0.3) is 0 Å². The van der Waals surface area contributed by atoms with Gasteiger partial charge in [-0.15, -0.1) is 0 Å². The summed E-state index contributed by atoms with van der Waals surface area (Å²) in [5, 5.41) is 17.0. The molecule has 0 aliphatic heterocycles. The van der Waals surface area contributed by atoms with Crippen LogP contribution in [0.3, 0.4) is 0 Å². The molecule has 0 saturated heterocycles. The maximum Gasteiger partial charge on any atom is 0.335 e. The third kappa shape index (κ3) is 3.10. The van der Waals surface area contributed by atoms with Gasteiger partial charge in [0, 0.05) is 37.2 Å². The summed E-state index contributed by atoms with van der Waals surface area (Å²) in [5.41, 5.74) is 2.19. The fraction of sp³-hybridized carbons (Fsp3) is 0.176. The number of carboxylic acids is 1. The van der Waals surface area contributed by atoms with Gasteiger partial charge in [-0.05, 0) is 30.3 Å². The molecule has 24 heavy (non-hydrogen) atoms. The first-order valence-corrected chi connectivity index (χ1v) is 7.44. The number of aromatic nitrogens is 3. The first-order valence-electron chi connectivity index (χ1n) is 7.44. The van der Waals surface area contributed by atoms with Crippen molar-refractivity contribution in [2.75, 3.05) is 11.9 Å². The molecule has 0 atom stereocenters. The number of aromatic amines is 1. The molecular weight excluding hydrogens is 308 g/mol. The zero-order valence-electron chi connectivity index (χ0n) is 13.1. The molecule has 1 amide bonds. The van der Waals surface area contributed by atoms with E-state index in [1.165, 1.54) is 17.0 Å². The van der Waals surface area contributed by atoms with Gasteiger partial charge in [0.1, 0.15) is 0 Å². The molecule has 0 saturated carbocycles. The van der Waals surface area contributed by atoms with Gasteiger partial charge in [0.05, 0.1) is 11.3 Å². The molecule has 7 nitrogen and oxygen atoms in total. The van der Waals surface area contributed by atoms with Crippen LogP contribution in [0.5, 0.6) is 0 Å². The number of pyridine rings is 1. The second-order valence-corrected chi connectivity index (χ2v) is 5.38. The van der Waals surface area contributed by atoms with Crippen molar-refractivity contribution in [2.45, 2.75) is 12.8 Å². The Bertz CT molecular complexity index is 903. The van der Waals surface area contributed by atoms with Crippen molar-refractivity contribution in [1.29, 1.82) is 0 Å². The number of hydrogen-bond acceptors (Lipinski definition) is 4. The van der Waals surface area contributed by atoms with Crippen molar-refractivity contribution in [3.05, 3.63) is 53.9 Å². The van der Waals surface area contributed by atoms with Crippen LogP contribution in [0.1, 0.15) is 22.5 Å². The van der Waals surface area contributed by atoms with Crippen molar-refractivity contribution >= 4 is 28.6 Å². The van der Waals surface area contributed by atoms with Gasteiger partial charge < -0.3 is 10.0 Å². The van der Waals surface area contributed by atoms with E-state index in [-0.39, 0.29) is 17.9 Å². The molecule has 3 rings (SSSR count). The normalized spacial score (nSPS) is 10.7. The summed E-state index contributed by atoms with van der Waals surface area (Å²) in [6, 6.07) is 10.0. The number of carbonyl (C=O) groups excluding carboxylic acids is 1. The molecule has 0 radical (unpaired) electrons. The fourth-order valence-corrected chi connectivity index (χ4v) is 2.48. The second-order valence-electron chi connectivity index (χ2n) is 5.38. The number of carboxylic acid groups (broad SMARTS) is 1. The van der Waals surface area contributed by atoms with Crippen molar-refractivity contribution in [3.8, 4) is 0 Å². The molecule has 122 valence electrons. The highest BCUT2D eigenvalue weighted by Gasteiger charge is 2.14. The van der Waals surface area contributed by atoms with E-state index < -0.39 is 5.97 Å². The highest BCUT2D eigenvalue weighted by Crippen LogP contribution is 2.18. The number of aryl methyl sites for hydroxylation is 1. The number of aromatic carboxylic acids is 1. The van der Waals surface area contributed by atoms with Gasteiger partial charge in [-0.25, -0.2) is 9.78 Å². The second kappa shape index (κ2) is 6.49. The molecule has 0 bridgehead atoms. The Balaban J connectivity index is 1.70. The van der Waals surface area contributed by atoms with Crippen LogP contribution in [0.15, 0.2) is 42.6 Å². The molecule has 2 aromatic heterocycles. The van der Waals surface area contributed by atoms with Crippen LogP contribution in [-0.2, 0) is 11.2 Å². The van der Waals surface area contributed by atoms with Crippen LogP contribution in [-0.4, -0.2) is 39.2 Å². The molecule has 2 heterocycles. The van der Waals surface area contributed by atoms with E-state index >= 15 is 0 Å². The Hall–Kier alpha value is -3.22. The molecule has 0 fully saturated rings. The number of amides is 1. The number of nitrogens with one attached hydrogen (secondary N) is 1. The summed E-state index contributed by atoms with van der Waals surface area (Å²) in [4.78, 5) is 29.0. The highest BCUT2D eigenvalue weighted by atomic mass is 16.4. The monoisotopic (exact) mass is 324 g/mol. The van der Waals surface area contributed by atoms with E-state index in [2.05, 4.69) is 15.2 Å². The lowest BCUT2D eigenvalue weighted by atomic mass is 10.1. The summed E-state index contributed by atoms with van der Waals surface area (Å²) >= 11 is 0. The van der Waals surface area contributed by atoms with Crippen LogP contribution in [0.4, 0.5) is 5.69 Å². The van der Waals surface area contributed by atoms with Crippen LogP contribution in [0, 0.1) is 0 Å². The Morgan fingerprint density at radius 3 is 2.88 bits per heavy atom. The number of hydrogen-bond donors (Lipinski definition) is 2. The van der Waals surface area contributed by atoms with Gasteiger partial charge >= 0.3 is 5.97 Å². The number of H-pyrrole nitrogens is 1. The summed E-state index contributed by atoms with van der Waals surface area (Å²) in [5.74, 6) is -1.13. The van der Waals surface area contributed by atoms with Gasteiger partial charge in [-0.1, -0.05) is 6.07 Å². The van der Waals surface area contributed by atoms with E-state index in [9.17, 15) is 9.59 Å². The van der Waals surface area contributed by atoms with E-state index in [4.69, 9.17) is 5.11 Å². The third-order valence-corrected chi connectivity index (χ3v) is 3.85. The Kier molecular flexibility index (Phi) is 4.24. The first-order chi connectivity index (χ1) is 11.6. The van der Waals surface area contributed by atoms with Crippen LogP contribution in [0.2, 0.25) is 0 Å². The average molecular weight is 324 g/mol. The minimum absolute atomic E-state index is 0.113. The number of rotatable bonds is 5. The van der Waals surface area contributed by atoms with Crippen molar-refractivity contribution < 1.29 is 14.7 Å². The van der Waals surface area contributed by atoms with E-state index in [1.54, 1.807) is 25.4 Å². The SMILES string of the molecule is CN(C(=O)CCc1n[nH]c2ncccc12)c1cccc(C(=O)O)c1. The minimum atomic E-state index is -1.02. The lowest BCUT2D eigenvalue weighted by Crippen LogP contribution is -2.26. The zero-order valence-corrected chi connectivity index (χ0v) is 13.1. The average Bonchev–Trinajstić information content (AvgIpc) is 3.02. The smallest absolute Gasteiger partial charge is 0.335 e. The first kappa shape index (κ1) is 15.7. The Labute approximate surface area is 137 Å². The Morgan fingerprint density at radius 1 is 1.25 bits per heavy atom. The molecule has 0 spiro atoms. The number of benzene rings is 1. The maximum absolute atomic E-state index is 12.4. The van der Waals surface area contributed by atoms with Gasteiger partial charge in [-0.2, -0.15) is 5.10 Å². The molecule has 2 N–H and O–H groups in total. The van der Waals surface area contributed by atoms with Crippen molar-refractivity contribution in [2.24, 2.45) is 0 Å². The van der Waals surface area contributed by atoms with Gasteiger partial charge in [0.2, 0.25) is 5.91 Å². The van der Waals surface area contributed by atoms with E-state index in [0.717, 1.165) is 11.1 Å². The predicted octanol–water partition coefficient (Wildman–Crippen LogP) is 2.25. The maximum atomic E-state index is 12.4. The quantitative estimate of drug-likeness (QED) is 0.750. The fourth-order valence-electron chi connectivity index (χ4n) is 2.48. The summed E-state index contributed by atoms with van der Waals surface area (Å²) in [7, 11) is 1.63. The standard InChI is InChI=1S/C17H16N4O3/c1-21(12-5-2-4-11(10-12)17(23)24)15(22)8-7-14-13-6-3-9-18-16(13)20-19-14/h2-6,9-10H,7-8H2,1H3,(H,23,24)(H,18,19,20). The van der Waals surface area contributed by atoms with Crippen LogP contribution in [0.25, 0.3) is 11.0 Å². The minimum Gasteiger partial charge on any atom is -0.478 e. The molecule has 3 aromatic rings. The topological polar surface area (TPSA) is 99.2 Å². The summed E-state index contributed by atoms with van der Waals surface area (Å²) < 4.78 is 0. The third-order valence-electron chi connectivity index (χ3n) is 3.85. The number of nitrogens with zero attached hydrogens (tertiary/aromatic N) is 3. The number of fused-ring (bicyclic) bond motifs is 1. The zero-order chi connectivity index (χ0) is 17.1. The van der Waals surface area contributed by atoms with Crippen molar-refractivity contribution in [3.63, 3.8) is 0 Å². The lowest BCUT2D eigenvalue weighted by molar-refractivity contribution is -0.118. The van der Waals surface area contributed by atoms with E-state index in [0.29, 0.717) is 17.8 Å².